The Morgan fingerprint density at radius 2 is 1.13 bits per heavy atom. The fourth-order valence-electron chi connectivity index (χ4n) is 3.60. The molecule has 0 aliphatic carbocycles. The summed E-state index contributed by atoms with van der Waals surface area (Å²) in [5.74, 6) is 4.18. The van der Waals surface area contributed by atoms with Crippen molar-refractivity contribution >= 4 is 35.5 Å². The van der Waals surface area contributed by atoms with Gasteiger partial charge in [-0.05, 0) is 55.5 Å². The predicted octanol–water partition coefficient (Wildman–Crippen LogP) is 2.95. The Balaban J connectivity index is 0.000000216. The summed E-state index contributed by atoms with van der Waals surface area (Å²) >= 11 is 3.33. The fraction of sp³-hybridized carbons (Fsp3) is 0.481. The van der Waals surface area contributed by atoms with E-state index in [0.717, 1.165) is 28.8 Å². The number of nitrogens with one attached hydrogen (secondary N) is 2. The van der Waals surface area contributed by atoms with E-state index in [1.165, 1.54) is 7.11 Å². The van der Waals surface area contributed by atoms with Crippen molar-refractivity contribution in [3.05, 3.63) is 48.5 Å². The maximum absolute atomic E-state index is 11.6. The van der Waals surface area contributed by atoms with Gasteiger partial charge in [0, 0.05) is 11.5 Å². The molecule has 2 aliphatic rings. The second-order valence-corrected chi connectivity index (χ2v) is 10.8. The van der Waals surface area contributed by atoms with Crippen LogP contribution >= 0.6 is 23.5 Å². The van der Waals surface area contributed by atoms with E-state index in [1.54, 1.807) is 37.7 Å². The molecular formula is C27H36N2O8S2. The molecule has 0 spiro atoms. The Morgan fingerprint density at radius 1 is 0.718 bits per heavy atom. The SMILES string of the molecule is CCOC(=O)C1CSC(COc2ccc(OC)cc2)N1.COC(=O)C1CSC(COc2ccc(OC)cc2)N1. The van der Waals surface area contributed by atoms with Crippen molar-refractivity contribution in [3.8, 4) is 23.0 Å². The lowest BCUT2D eigenvalue weighted by Crippen LogP contribution is -2.39. The zero-order chi connectivity index (χ0) is 28.0. The van der Waals surface area contributed by atoms with E-state index in [1.807, 2.05) is 55.5 Å². The quantitative estimate of drug-likeness (QED) is 0.381. The molecule has 12 heteroatoms. The van der Waals surface area contributed by atoms with Crippen molar-refractivity contribution in [2.75, 3.05) is 52.7 Å². The molecule has 2 aromatic rings. The number of carbonyl (C=O) groups excluding carboxylic acids is 2. The van der Waals surface area contributed by atoms with Crippen molar-refractivity contribution in [3.63, 3.8) is 0 Å². The summed E-state index contributed by atoms with van der Waals surface area (Å²) in [4.78, 5) is 22.9. The van der Waals surface area contributed by atoms with Gasteiger partial charge >= 0.3 is 11.9 Å². The second kappa shape index (κ2) is 16.3. The number of thioether (sulfide) groups is 2. The molecule has 10 nitrogen and oxygen atoms in total. The molecule has 4 unspecified atom stereocenters. The van der Waals surface area contributed by atoms with Crippen molar-refractivity contribution in [2.45, 2.75) is 29.8 Å². The molecule has 0 radical (unpaired) electrons. The molecule has 214 valence electrons. The number of methoxy groups -OCH3 is 3. The predicted molar refractivity (Wildman–Crippen MR) is 152 cm³/mol. The first-order valence-electron chi connectivity index (χ1n) is 12.5. The van der Waals surface area contributed by atoms with E-state index in [0.29, 0.717) is 25.6 Å². The van der Waals surface area contributed by atoms with Gasteiger partial charge in [-0.1, -0.05) is 0 Å². The van der Waals surface area contributed by atoms with Crippen LogP contribution in [0.25, 0.3) is 0 Å². The van der Waals surface area contributed by atoms with Gasteiger partial charge in [0.1, 0.15) is 48.3 Å². The van der Waals surface area contributed by atoms with Gasteiger partial charge in [-0.25, -0.2) is 0 Å². The van der Waals surface area contributed by atoms with E-state index < -0.39 is 0 Å². The third kappa shape index (κ3) is 10.0. The molecule has 0 aromatic heterocycles. The van der Waals surface area contributed by atoms with Crippen LogP contribution < -0.4 is 29.6 Å². The lowest BCUT2D eigenvalue weighted by Gasteiger charge is -2.13. The van der Waals surface area contributed by atoms with E-state index in [-0.39, 0.29) is 34.8 Å². The van der Waals surface area contributed by atoms with E-state index in [2.05, 4.69) is 10.6 Å². The molecule has 4 rings (SSSR count). The minimum atomic E-state index is -0.237. The topological polar surface area (TPSA) is 114 Å². The van der Waals surface area contributed by atoms with Gasteiger partial charge < -0.3 is 28.4 Å². The number of hydrogen-bond acceptors (Lipinski definition) is 12. The highest BCUT2D eigenvalue weighted by molar-refractivity contribution is 8.00. The average Bonchev–Trinajstić information content (AvgIpc) is 3.66. The third-order valence-electron chi connectivity index (χ3n) is 5.68. The van der Waals surface area contributed by atoms with Crippen molar-refractivity contribution in [2.24, 2.45) is 0 Å². The third-order valence-corrected chi connectivity index (χ3v) is 8.08. The molecule has 39 heavy (non-hydrogen) atoms. The highest BCUT2D eigenvalue weighted by atomic mass is 32.2. The smallest absolute Gasteiger partial charge is 0.324 e. The van der Waals surface area contributed by atoms with Crippen LogP contribution in [0.4, 0.5) is 0 Å². The second-order valence-electron chi connectivity index (χ2n) is 8.33. The average molecular weight is 581 g/mol. The van der Waals surface area contributed by atoms with E-state index in [9.17, 15) is 9.59 Å². The maximum Gasteiger partial charge on any atom is 0.324 e. The van der Waals surface area contributed by atoms with Crippen LogP contribution in [0.15, 0.2) is 48.5 Å². The Bertz CT molecular complexity index is 1030. The van der Waals surface area contributed by atoms with E-state index in [4.69, 9.17) is 28.4 Å². The van der Waals surface area contributed by atoms with Gasteiger partial charge in [-0.15, -0.1) is 23.5 Å². The first-order valence-corrected chi connectivity index (χ1v) is 14.6. The summed E-state index contributed by atoms with van der Waals surface area (Å²) in [6.07, 6.45) is 0. The van der Waals surface area contributed by atoms with Crippen LogP contribution in [0, 0.1) is 0 Å². The zero-order valence-electron chi connectivity index (χ0n) is 22.5. The molecule has 2 N–H and O–H groups in total. The van der Waals surface area contributed by atoms with Crippen molar-refractivity contribution in [1.29, 1.82) is 0 Å². The Hall–Kier alpha value is -2.80. The minimum absolute atomic E-state index is 0.103. The molecule has 0 bridgehead atoms. The normalized spacial score (nSPS) is 21.7. The molecule has 2 aliphatic heterocycles. The van der Waals surface area contributed by atoms with Crippen LogP contribution in [0.3, 0.4) is 0 Å². The Morgan fingerprint density at radius 3 is 1.51 bits per heavy atom. The lowest BCUT2D eigenvalue weighted by atomic mass is 10.3. The summed E-state index contributed by atoms with van der Waals surface area (Å²) in [5.41, 5.74) is 0. The van der Waals surface area contributed by atoms with Crippen LogP contribution in [-0.4, -0.2) is 87.4 Å². The summed E-state index contributed by atoms with van der Waals surface area (Å²) < 4.78 is 31.2. The highest BCUT2D eigenvalue weighted by Gasteiger charge is 2.31. The highest BCUT2D eigenvalue weighted by Crippen LogP contribution is 2.23. The number of esters is 2. The van der Waals surface area contributed by atoms with Gasteiger partial charge in [0.15, 0.2) is 0 Å². The van der Waals surface area contributed by atoms with Gasteiger partial charge in [-0.3, -0.25) is 20.2 Å². The van der Waals surface area contributed by atoms with Crippen LogP contribution in [0.1, 0.15) is 6.92 Å². The molecule has 4 atom stereocenters. The number of rotatable bonds is 11. The Labute approximate surface area is 237 Å². The fourth-order valence-corrected chi connectivity index (χ4v) is 5.77. The molecule has 0 saturated carbocycles. The van der Waals surface area contributed by atoms with Gasteiger partial charge in [0.25, 0.3) is 0 Å². The molecule has 2 saturated heterocycles. The Kier molecular flexibility index (Phi) is 12.9. The molecule has 2 heterocycles. The van der Waals surface area contributed by atoms with Crippen LogP contribution in [0.2, 0.25) is 0 Å². The van der Waals surface area contributed by atoms with Crippen molar-refractivity contribution < 1.29 is 38.0 Å². The standard InChI is InChI=1S/C14H19NO4S.C13H17NO4S/c1-3-18-14(16)12-9-20-13(15-12)8-19-11-6-4-10(17-2)5-7-11;1-16-9-3-5-10(6-4-9)18-7-12-14-11(8-19-12)13(15)17-2/h4-7,12-13,15H,3,8-9H2,1-2H3;3-6,11-12,14H,7-8H2,1-2H3. The minimum Gasteiger partial charge on any atom is -0.497 e. The van der Waals surface area contributed by atoms with Crippen LogP contribution in [-0.2, 0) is 19.1 Å². The number of carbonyl (C=O) groups is 2. The number of hydrogen-bond donors (Lipinski definition) is 2. The first kappa shape index (κ1) is 30.7. The van der Waals surface area contributed by atoms with Gasteiger partial charge in [0.2, 0.25) is 0 Å². The van der Waals surface area contributed by atoms with E-state index >= 15 is 0 Å². The largest absolute Gasteiger partial charge is 0.497 e. The first-order chi connectivity index (χ1) is 18.9. The van der Waals surface area contributed by atoms with Crippen molar-refractivity contribution in [1.82, 2.24) is 10.6 Å². The monoisotopic (exact) mass is 580 g/mol. The molecular weight excluding hydrogens is 544 g/mol. The molecule has 2 fully saturated rings. The zero-order valence-corrected chi connectivity index (χ0v) is 24.2. The lowest BCUT2D eigenvalue weighted by molar-refractivity contribution is -0.145. The number of ether oxygens (including phenoxy) is 6. The summed E-state index contributed by atoms with van der Waals surface area (Å²) in [7, 11) is 4.66. The number of benzene rings is 2. The maximum atomic E-state index is 11.6. The molecule has 2 aromatic carbocycles. The van der Waals surface area contributed by atoms with Gasteiger partial charge in [-0.2, -0.15) is 0 Å². The molecule has 0 amide bonds. The van der Waals surface area contributed by atoms with Crippen LogP contribution in [0.5, 0.6) is 23.0 Å². The summed E-state index contributed by atoms with van der Waals surface area (Å²) in [6, 6.07) is 14.4. The summed E-state index contributed by atoms with van der Waals surface area (Å²) in [5, 5.41) is 6.59. The summed E-state index contributed by atoms with van der Waals surface area (Å²) in [6.45, 7) is 3.23. The van der Waals surface area contributed by atoms with Gasteiger partial charge in [0.05, 0.1) is 38.7 Å².